The SMILES string of the molecule is CCCCCC/C=C\CCCCCCCC(=O)NCCN(C)C. The normalized spacial score (nSPS) is 11.5. The average molecular weight is 325 g/mol. The monoisotopic (exact) mass is 324 g/mol. The van der Waals surface area contributed by atoms with Crippen LogP contribution in [0.4, 0.5) is 0 Å². The Bertz CT molecular complexity index is 287. The molecule has 0 radical (unpaired) electrons. The van der Waals surface area contributed by atoms with Crippen LogP contribution in [-0.2, 0) is 4.79 Å². The molecule has 0 bridgehead atoms. The first-order valence-electron chi connectivity index (χ1n) is 9.73. The maximum absolute atomic E-state index is 11.6. The predicted octanol–water partition coefficient (Wildman–Crippen LogP) is 4.92. The second-order valence-corrected chi connectivity index (χ2v) is 6.78. The van der Waals surface area contributed by atoms with Gasteiger partial charge in [-0.15, -0.1) is 0 Å². The zero-order chi connectivity index (χ0) is 17.2. The highest BCUT2D eigenvalue weighted by Crippen LogP contribution is 2.08. The molecule has 3 nitrogen and oxygen atoms in total. The van der Waals surface area contributed by atoms with Gasteiger partial charge < -0.3 is 10.2 Å². The van der Waals surface area contributed by atoms with E-state index >= 15 is 0 Å². The highest BCUT2D eigenvalue weighted by molar-refractivity contribution is 5.75. The van der Waals surface area contributed by atoms with Crippen molar-refractivity contribution in [3.63, 3.8) is 0 Å². The first-order valence-corrected chi connectivity index (χ1v) is 9.73. The summed E-state index contributed by atoms with van der Waals surface area (Å²) in [5.41, 5.74) is 0. The molecule has 0 aromatic heterocycles. The molecule has 136 valence electrons. The standard InChI is InChI=1S/C20H40N2O/c1-4-5-6-7-8-9-10-11-12-13-14-15-16-17-20(23)21-18-19-22(2)3/h9-10H,4-8,11-19H2,1-3H3,(H,21,23)/b10-9-. The summed E-state index contributed by atoms with van der Waals surface area (Å²) in [6, 6.07) is 0. The Kier molecular flexibility index (Phi) is 16.9. The van der Waals surface area contributed by atoms with Gasteiger partial charge in [-0.25, -0.2) is 0 Å². The minimum atomic E-state index is 0.206. The van der Waals surface area contributed by atoms with Crippen molar-refractivity contribution in [3.05, 3.63) is 12.2 Å². The molecule has 0 atom stereocenters. The van der Waals surface area contributed by atoms with Gasteiger partial charge in [0.1, 0.15) is 0 Å². The number of unbranched alkanes of at least 4 members (excludes halogenated alkanes) is 9. The zero-order valence-corrected chi connectivity index (χ0v) is 15.9. The first kappa shape index (κ1) is 22.2. The fourth-order valence-electron chi connectivity index (χ4n) is 2.51. The summed E-state index contributed by atoms with van der Waals surface area (Å²) in [6.07, 6.45) is 19.3. The lowest BCUT2D eigenvalue weighted by molar-refractivity contribution is -0.121. The van der Waals surface area contributed by atoms with Crippen LogP contribution in [0.5, 0.6) is 0 Å². The van der Waals surface area contributed by atoms with Gasteiger partial charge in [-0.2, -0.15) is 0 Å². The molecule has 23 heavy (non-hydrogen) atoms. The van der Waals surface area contributed by atoms with E-state index < -0.39 is 0 Å². The fourth-order valence-corrected chi connectivity index (χ4v) is 2.51. The third-order valence-electron chi connectivity index (χ3n) is 4.05. The Morgan fingerprint density at radius 2 is 1.43 bits per heavy atom. The molecule has 0 aliphatic heterocycles. The Hall–Kier alpha value is -0.830. The van der Waals surface area contributed by atoms with Crippen molar-refractivity contribution in [2.24, 2.45) is 0 Å². The number of nitrogens with zero attached hydrogens (tertiary/aromatic N) is 1. The molecule has 1 N–H and O–H groups in total. The summed E-state index contributed by atoms with van der Waals surface area (Å²) in [5, 5.41) is 2.97. The van der Waals surface area contributed by atoms with Gasteiger partial charge in [-0.3, -0.25) is 4.79 Å². The number of hydrogen-bond acceptors (Lipinski definition) is 2. The lowest BCUT2D eigenvalue weighted by Gasteiger charge is -2.10. The Morgan fingerprint density at radius 1 is 0.870 bits per heavy atom. The number of nitrogens with one attached hydrogen (secondary N) is 1. The van der Waals surface area contributed by atoms with Crippen LogP contribution in [0.25, 0.3) is 0 Å². The van der Waals surface area contributed by atoms with E-state index in [2.05, 4.69) is 29.3 Å². The van der Waals surface area contributed by atoms with Gasteiger partial charge in [0.25, 0.3) is 0 Å². The quantitative estimate of drug-likeness (QED) is 0.323. The molecule has 0 rings (SSSR count). The highest BCUT2D eigenvalue weighted by atomic mass is 16.1. The van der Waals surface area contributed by atoms with Crippen LogP contribution in [0.2, 0.25) is 0 Å². The topological polar surface area (TPSA) is 32.3 Å². The minimum Gasteiger partial charge on any atom is -0.355 e. The van der Waals surface area contributed by atoms with E-state index in [-0.39, 0.29) is 5.91 Å². The first-order chi connectivity index (χ1) is 11.2. The summed E-state index contributed by atoms with van der Waals surface area (Å²) < 4.78 is 0. The van der Waals surface area contributed by atoms with Gasteiger partial charge in [0.05, 0.1) is 0 Å². The Morgan fingerprint density at radius 3 is 2.04 bits per heavy atom. The second-order valence-electron chi connectivity index (χ2n) is 6.78. The Balaban J connectivity index is 3.21. The molecule has 0 saturated carbocycles. The van der Waals surface area contributed by atoms with Crippen LogP contribution < -0.4 is 5.32 Å². The van der Waals surface area contributed by atoms with Crippen molar-refractivity contribution in [1.82, 2.24) is 10.2 Å². The smallest absolute Gasteiger partial charge is 0.220 e. The van der Waals surface area contributed by atoms with Gasteiger partial charge in [0, 0.05) is 19.5 Å². The molecule has 1 amide bonds. The molecule has 0 spiro atoms. The molecular formula is C20H40N2O. The summed E-state index contributed by atoms with van der Waals surface area (Å²) in [7, 11) is 4.04. The minimum absolute atomic E-state index is 0.206. The van der Waals surface area contributed by atoms with Crippen molar-refractivity contribution >= 4 is 5.91 Å². The molecule has 0 fully saturated rings. The molecule has 0 heterocycles. The average Bonchev–Trinajstić information content (AvgIpc) is 2.51. The number of carbonyl (C=O) groups excluding carboxylic acids is 1. The molecule has 0 unspecified atom stereocenters. The molecule has 0 aliphatic rings. The van der Waals surface area contributed by atoms with Crippen molar-refractivity contribution < 1.29 is 4.79 Å². The van der Waals surface area contributed by atoms with Crippen LogP contribution in [0.15, 0.2) is 12.2 Å². The van der Waals surface area contributed by atoms with Gasteiger partial charge >= 0.3 is 0 Å². The van der Waals surface area contributed by atoms with E-state index in [1.165, 1.54) is 64.2 Å². The summed E-state index contributed by atoms with van der Waals surface area (Å²) in [4.78, 5) is 13.7. The van der Waals surface area contributed by atoms with Gasteiger partial charge in [0.2, 0.25) is 5.91 Å². The van der Waals surface area contributed by atoms with Gasteiger partial charge in [0.15, 0.2) is 0 Å². The van der Waals surface area contributed by atoms with E-state index in [4.69, 9.17) is 0 Å². The zero-order valence-electron chi connectivity index (χ0n) is 15.9. The third-order valence-corrected chi connectivity index (χ3v) is 4.05. The van der Waals surface area contributed by atoms with Crippen LogP contribution in [0.3, 0.4) is 0 Å². The molecule has 0 aromatic carbocycles. The summed E-state index contributed by atoms with van der Waals surface area (Å²) >= 11 is 0. The molecule has 0 aromatic rings. The van der Waals surface area contributed by atoms with E-state index in [0.29, 0.717) is 6.42 Å². The van der Waals surface area contributed by atoms with Gasteiger partial charge in [-0.1, -0.05) is 57.6 Å². The fraction of sp³-hybridized carbons (Fsp3) is 0.850. The Labute approximate surface area is 144 Å². The molecular weight excluding hydrogens is 284 g/mol. The number of carbonyl (C=O) groups is 1. The number of rotatable bonds is 16. The van der Waals surface area contributed by atoms with Crippen molar-refractivity contribution in [3.8, 4) is 0 Å². The third kappa shape index (κ3) is 19.1. The largest absolute Gasteiger partial charge is 0.355 e. The van der Waals surface area contributed by atoms with Crippen LogP contribution in [-0.4, -0.2) is 38.0 Å². The van der Waals surface area contributed by atoms with Gasteiger partial charge in [-0.05, 0) is 46.2 Å². The summed E-state index contributed by atoms with van der Waals surface area (Å²) in [6.45, 7) is 3.93. The molecule has 0 saturated heterocycles. The van der Waals surface area contributed by atoms with Crippen LogP contribution in [0.1, 0.15) is 84.0 Å². The van der Waals surface area contributed by atoms with E-state index in [0.717, 1.165) is 19.5 Å². The second kappa shape index (κ2) is 17.5. The number of likely N-dealkylation sites (N-methyl/N-ethyl adjacent to an activating group) is 1. The number of allylic oxidation sites excluding steroid dienone is 2. The summed E-state index contributed by atoms with van der Waals surface area (Å²) in [5.74, 6) is 0.206. The maximum Gasteiger partial charge on any atom is 0.220 e. The number of amides is 1. The predicted molar refractivity (Wildman–Crippen MR) is 102 cm³/mol. The molecule has 3 heteroatoms. The van der Waals surface area contributed by atoms with Crippen LogP contribution in [0, 0.1) is 0 Å². The van der Waals surface area contributed by atoms with E-state index in [9.17, 15) is 4.79 Å². The van der Waals surface area contributed by atoms with Crippen molar-refractivity contribution in [2.45, 2.75) is 84.0 Å². The molecule has 0 aliphatic carbocycles. The van der Waals surface area contributed by atoms with Crippen molar-refractivity contribution in [1.29, 1.82) is 0 Å². The highest BCUT2D eigenvalue weighted by Gasteiger charge is 2.00. The lowest BCUT2D eigenvalue weighted by atomic mass is 10.1. The number of hydrogen-bond donors (Lipinski definition) is 1. The maximum atomic E-state index is 11.6. The van der Waals surface area contributed by atoms with Crippen LogP contribution >= 0.6 is 0 Å². The van der Waals surface area contributed by atoms with Crippen molar-refractivity contribution in [2.75, 3.05) is 27.2 Å². The van der Waals surface area contributed by atoms with E-state index in [1.54, 1.807) is 0 Å². The lowest BCUT2D eigenvalue weighted by Crippen LogP contribution is -2.31. The van der Waals surface area contributed by atoms with E-state index in [1.807, 2.05) is 14.1 Å².